The highest BCUT2D eigenvalue weighted by molar-refractivity contribution is 6.30. The maximum atomic E-state index is 5.91. The quantitative estimate of drug-likeness (QED) is 0.299. The molecular formula is C26H21ClN4O. The maximum Gasteiger partial charge on any atom is 0.201 e. The van der Waals surface area contributed by atoms with Gasteiger partial charge >= 0.3 is 0 Å². The van der Waals surface area contributed by atoms with Crippen LogP contribution in [0.4, 0.5) is 5.95 Å². The molecule has 0 amide bonds. The molecule has 0 saturated heterocycles. The first-order chi connectivity index (χ1) is 15.7. The van der Waals surface area contributed by atoms with Crippen molar-refractivity contribution in [2.45, 2.75) is 13.0 Å². The van der Waals surface area contributed by atoms with Crippen LogP contribution in [0.15, 0.2) is 91.3 Å². The first kappa shape index (κ1) is 20.1. The maximum absolute atomic E-state index is 5.91. The van der Waals surface area contributed by atoms with Gasteiger partial charge in [0.15, 0.2) is 0 Å². The molecule has 0 aliphatic carbocycles. The zero-order valence-electron chi connectivity index (χ0n) is 17.3. The van der Waals surface area contributed by atoms with Gasteiger partial charge < -0.3 is 15.0 Å². The van der Waals surface area contributed by atoms with Crippen LogP contribution < -0.4 is 10.1 Å². The molecular weight excluding hydrogens is 420 g/mol. The summed E-state index contributed by atoms with van der Waals surface area (Å²) >= 11 is 5.91. The highest BCUT2D eigenvalue weighted by atomic mass is 35.5. The van der Waals surface area contributed by atoms with Crippen molar-refractivity contribution in [2.75, 3.05) is 5.32 Å². The van der Waals surface area contributed by atoms with Crippen molar-refractivity contribution in [3.63, 3.8) is 0 Å². The molecule has 0 spiro atoms. The van der Waals surface area contributed by atoms with E-state index in [4.69, 9.17) is 16.3 Å². The van der Waals surface area contributed by atoms with Crippen molar-refractivity contribution in [1.29, 1.82) is 0 Å². The molecule has 0 atom stereocenters. The summed E-state index contributed by atoms with van der Waals surface area (Å²) in [6.07, 6.45) is 4.53. The Morgan fingerprint density at radius 1 is 0.844 bits per heavy atom. The average molecular weight is 441 g/mol. The predicted molar refractivity (Wildman–Crippen MR) is 128 cm³/mol. The van der Waals surface area contributed by atoms with Crippen LogP contribution in [0.2, 0.25) is 5.02 Å². The summed E-state index contributed by atoms with van der Waals surface area (Å²) in [7, 11) is 0. The molecule has 158 valence electrons. The van der Waals surface area contributed by atoms with E-state index in [2.05, 4.69) is 38.5 Å². The molecule has 0 bridgehead atoms. The molecule has 5 aromatic rings. The number of anilines is 1. The highest BCUT2D eigenvalue weighted by Gasteiger charge is 2.05. The topological polar surface area (TPSA) is 62.8 Å². The summed E-state index contributed by atoms with van der Waals surface area (Å²) in [4.78, 5) is 12.2. The minimum atomic E-state index is 0.656. The minimum Gasteiger partial charge on any atom is -0.457 e. The monoisotopic (exact) mass is 440 g/mol. The molecule has 6 heteroatoms. The van der Waals surface area contributed by atoms with Crippen molar-refractivity contribution in [3.8, 4) is 11.5 Å². The number of nitrogens with one attached hydrogen (secondary N) is 2. The Balaban J connectivity index is 1.21. The van der Waals surface area contributed by atoms with Crippen LogP contribution in [0.25, 0.3) is 11.0 Å². The molecule has 0 fully saturated rings. The Morgan fingerprint density at radius 2 is 1.59 bits per heavy atom. The fraction of sp³-hybridized carbons (Fsp3) is 0.0769. The number of halogens is 1. The number of nitrogens with zero attached hydrogens (tertiary/aromatic N) is 2. The lowest BCUT2D eigenvalue weighted by atomic mass is 10.1. The standard InChI is InChI=1S/C26H21ClN4O/c27-21-6-10-23(11-7-21)32-22-8-3-18(4-9-22)17-29-26-30-24-12-5-19(15-25(24)31-26)14-20-2-1-13-28-16-20/h1-13,15-16H,14,17H2,(H2,29,30,31). The molecule has 0 unspecified atom stereocenters. The second kappa shape index (κ2) is 9.12. The van der Waals surface area contributed by atoms with Gasteiger partial charge in [0.25, 0.3) is 0 Å². The van der Waals surface area contributed by atoms with Crippen LogP contribution in [0.1, 0.15) is 16.7 Å². The first-order valence-electron chi connectivity index (χ1n) is 10.3. The predicted octanol–water partition coefficient (Wildman–Crippen LogP) is 6.61. The number of pyridine rings is 1. The van der Waals surface area contributed by atoms with E-state index < -0.39 is 0 Å². The van der Waals surface area contributed by atoms with E-state index in [0.29, 0.717) is 11.6 Å². The van der Waals surface area contributed by atoms with Crippen molar-refractivity contribution in [3.05, 3.63) is 113 Å². The molecule has 0 aliphatic heterocycles. The molecule has 32 heavy (non-hydrogen) atoms. The van der Waals surface area contributed by atoms with Gasteiger partial charge in [0.05, 0.1) is 11.0 Å². The zero-order chi connectivity index (χ0) is 21.8. The van der Waals surface area contributed by atoms with Crippen LogP contribution in [0.3, 0.4) is 0 Å². The van der Waals surface area contributed by atoms with E-state index in [-0.39, 0.29) is 0 Å². The molecule has 5 nitrogen and oxygen atoms in total. The number of aromatic nitrogens is 3. The number of aromatic amines is 1. The van der Waals surface area contributed by atoms with Gasteiger partial charge in [-0.1, -0.05) is 35.9 Å². The number of rotatable bonds is 7. The fourth-order valence-corrected chi connectivity index (χ4v) is 3.61. The number of benzene rings is 3. The number of H-pyrrole nitrogens is 1. The van der Waals surface area contributed by atoms with Gasteiger partial charge in [-0.15, -0.1) is 0 Å². The lowest BCUT2D eigenvalue weighted by Gasteiger charge is -2.07. The first-order valence-corrected chi connectivity index (χ1v) is 10.7. The molecule has 0 radical (unpaired) electrons. The second-order valence-electron chi connectivity index (χ2n) is 7.53. The van der Waals surface area contributed by atoms with Crippen LogP contribution >= 0.6 is 11.6 Å². The Labute approximate surface area is 191 Å². The molecule has 5 rings (SSSR count). The minimum absolute atomic E-state index is 0.656. The average Bonchev–Trinajstić information content (AvgIpc) is 3.23. The van der Waals surface area contributed by atoms with Gasteiger partial charge in [0.2, 0.25) is 5.95 Å². The van der Waals surface area contributed by atoms with Crippen LogP contribution in [0.5, 0.6) is 11.5 Å². The van der Waals surface area contributed by atoms with Gasteiger partial charge in [0.1, 0.15) is 11.5 Å². The normalized spacial score (nSPS) is 10.9. The van der Waals surface area contributed by atoms with Crippen molar-refractivity contribution < 1.29 is 4.74 Å². The zero-order valence-corrected chi connectivity index (χ0v) is 18.0. The van der Waals surface area contributed by atoms with Gasteiger partial charge in [-0.2, -0.15) is 0 Å². The second-order valence-corrected chi connectivity index (χ2v) is 7.96. The van der Waals surface area contributed by atoms with E-state index in [9.17, 15) is 0 Å². The van der Waals surface area contributed by atoms with E-state index in [1.165, 1.54) is 11.1 Å². The molecule has 0 aliphatic rings. The summed E-state index contributed by atoms with van der Waals surface area (Å²) < 4.78 is 5.84. The summed E-state index contributed by atoms with van der Waals surface area (Å²) in [6.45, 7) is 0.656. The van der Waals surface area contributed by atoms with Crippen LogP contribution in [0, 0.1) is 0 Å². The highest BCUT2D eigenvalue weighted by Crippen LogP contribution is 2.24. The van der Waals surface area contributed by atoms with Gasteiger partial charge in [-0.3, -0.25) is 4.98 Å². The number of hydrogen-bond donors (Lipinski definition) is 2. The third-order valence-electron chi connectivity index (χ3n) is 5.11. The van der Waals surface area contributed by atoms with Gasteiger partial charge in [-0.25, -0.2) is 4.98 Å². The van der Waals surface area contributed by atoms with Crippen LogP contribution in [-0.4, -0.2) is 15.0 Å². The van der Waals surface area contributed by atoms with E-state index >= 15 is 0 Å². The lowest BCUT2D eigenvalue weighted by Crippen LogP contribution is -2.00. The number of imidazole rings is 1. The van der Waals surface area contributed by atoms with Gasteiger partial charge in [0, 0.05) is 24.0 Å². The smallest absolute Gasteiger partial charge is 0.201 e. The Hall–Kier alpha value is -3.83. The van der Waals surface area contributed by atoms with Crippen LogP contribution in [-0.2, 0) is 13.0 Å². The van der Waals surface area contributed by atoms with Crippen molar-refractivity contribution in [2.24, 2.45) is 0 Å². The fourth-order valence-electron chi connectivity index (χ4n) is 3.49. The molecule has 3 aromatic carbocycles. The largest absolute Gasteiger partial charge is 0.457 e. The third kappa shape index (κ3) is 4.90. The van der Waals surface area contributed by atoms with E-state index in [1.54, 1.807) is 6.20 Å². The SMILES string of the molecule is Clc1ccc(Oc2ccc(CNc3nc4ccc(Cc5cccnc5)cc4[nH]3)cc2)cc1. The Bertz CT molecular complexity index is 1320. The summed E-state index contributed by atoms with van der Waals surface area (Å²) in [5, 5.41) is 4.05. The third-order valence-corrected chi connectivity index (χ3v) is 5.36. The summed E-state index contributed by atoms with van der Waals surface area (Å²) in [5.74, 6) is 2.28. The van der Waals surface area contributed by atoms with Crippen molar-refractivity contribution in [1.82, 2.24) is 15.0 Å². The molecule has 0 saturated carbocycles. The molecule has 2 N–H and O–H groups in total. The van der Waals surface area contributed by atoms with Gasteiger partial charge in [-0.05, 0) is 77.7 Å². The Kier molecular flexibility index (Phi) is 5.73. The Morgan fingerprint density at radius 3 is 2.34 bits per heavy atom. The van der Waals surface area contributed by atoms with Crippen molar-refractivity contribution >= 4 is 28.6 Å². The molecule has 2 aromatic heterocycles. The number of hydrogen-bond acceptors (Lipinski definition) is 4. The van der Waals surface area contributed by atoms with E-state index in [0.717, 1.165) is 40.5 Å². The molecule has 2 heterocycles. The lowest BCUT2D eigenvalue weighted by molar-refractivity contribution is 0.482. The number of ether oxygens (including phenoxy) is 1. The number of fused-ring (bicyclic) bond motifs is 1. The summed E-state index contributed by atoms with van der Waals surface area (Å²) in [6, 6.07) is 25.6. The summed E-state index contributed by atoms with van der Waals surface area (Å²) in [5.41, 5.74) is 5.49. The van der Waals surface area contributed by atoms with E-state index in [1.807, 2.05) is 66.9 Å².